The number of amides is 2. The molecule has 2 aromatic rings. The van der Waals surface area contributed by atoms with Crippen LogP contribution in [0.2, 0.25) is 0 Å². The molecule has 14 fully saturated rings. The molecule has 16 rings (SSSR count). The monoisotopic (exact) mass is 1420 g/mol. The number of halogens is 5. The van der Waals surface area contributed by atoms with Gasteiger partial charge in [0.05, 0.1) is 69.0 Å². The Morgan fingerprint density at radius 2 is 1.00 bits per heavy atom. The zero-order valence-corrected chi connectivity index (χ0v) is 62.4. The minimum atomic E-state index is -0.583. The van der Waals surface area contributed by atoms with Crippen LogP contribution in [0.5, 0.6) is 0 Å². The molecule has 0 radical (unpaired) electrons. The standard InChI is InChI=1S/C40H58F2N2O5.C33H51NO6.C7H7F2N.ClH/c1-23-15-28(20-43-19-25-16-26(41)18-27(42)17-25)48-34-33(23)37(5)11-12-40-22-39(40)10-9-31(49-32-21-44(24(2)45)13-14-47-32)36(3,4)29(39)7-8-30(40)38(37,6)35(34)46;1-19-15-21(17-35)39-27-26(19)30(5)11-12-33-18-32(33)10-9-24(40-25-16-34(20(2)36)13-14-38-25)29(3,4)22(32)7-8-23(33)31(30,6)28(27)37;8-6-1-5(4-10)2-7(9)3-6;/h16-18,23,28-35,43,46H,7-15,19-22H2,1-6H3;17,19,21-28,37H,7-16,18H2,1-6H3;1-3H,4,10H2;1H/t23-,28-,29+,30+,31?,32?,33?,34+,35+,37-,38-,39-,40+;19-,21-,22+,23+,24?,25?,26?,27+,28+,30-,31-,32-,33+;;/m11../s1. The first-order valence-electron chi connectivity index (χ1n) is 38.2. The number of carbonyl (C=O) groups excluding carboxylic acids is 3. The summed E-state index contributed by atoms with van der Waals surface area (Å²) in [5.41, 5.74) is 6.98. The molecule has 10 aliphatic carbocycles. The first-order chi connectivity index (χ1) is 46.7. The summed E-state index contributed by atoms with van der Waals surface area (Å²) in [5.74, 6) is 1.36. The summed E-state index contributed by atoms with van der Waals surface area (Å²) < 4.78 is 90.8. The number of nitrogens with one attached hydrogen (secondary N) is 1. The van der Waals surface area contributed by atoms with Crippen LogP contribution in [0.15, 0.2) is 36.4 Å². The van der Waals surface area contributed by atoms with Crippen LogP contribution < -0.4 is 11.1 Å². The number of aliphatic hydroxyl groups is 2. The van der Waals surface area contributed by atoms with Crippen LogP contribution in [0.3, 0.4) is 0 Å². The van der Waals surface area contributed by atoms with Crippen molar-refractivity contribution in [3.8, 4) is 0 Å². The molecule has 4 saturated heterocycles. The van der Waals surface area contributed by atoms with Gasteiger partial charge in [0.25, 0.3) is 0 Å². The third kappa shape index (κ3) is 11.3. The molecule has 5 N–H and O–H groups in total. The van der Waals surface area contributed by atoms with Crippen LogP contribution in [-0.2, 0) is 55.9 Å². The molecule has 2 aromatic carbocycles. The molecular formula is C80H117ClF4N4O11. The number of morpholine rings is 2. The zero-order chi connectivity index (χ0) is 70.7. The van der Waals surface area contributed by atoms with E-state index in [2.05, 4.69) is 74.6 Å². The second-order valence-electron chi connectivity index (χ2n) is 36.5. The van der Waals surface area contributed by atoms with Crippen molar-refractivity contribution < 1.29 is 70.6 Å². The largest absolute Gasteiger partial charge is 0.390 e. The van der Waals surface area contributed by atoms with Crippen LogP contribution in [0, 0.1) is 125 Å². The van der Waals surface area contributed by atoms with Gasteiger partial charge in [0, 0.05) is 69.5 Å². The van der Waals surface area contributed by atoms with Crippen molar-refractivity contribution in [1.29, 1.82) is 0 Å². The summed E-state index contributed by atoms with van der Waals surface area (Å²) >= 11 is 0. The number of aldehydes is 1. The fourth-order valence-electron chi connectivity index (χ4n) is 27.6. The van der Waals surface area contributed by atoms with Gasteiger partial charge in [0.2, 0.25) is 11.8 Å². The molecule has 6 unspecified atom stereocenters. The van der Waals surface area contributed by atoms with Gasteiger partial charge in [-0.3, -0.25) is 9.59 Å². The smallest absolute Gasteiger partial charge is 0.219 e. The number of benzene rings is 2. The highest BCUT2D eigenvalue weighted by Crippen LogP contribution is 2.91. The molecule has 14 aliphatic rings. The number of aliphatic hydroxyl groups excluding tert-OH is 2. The van der Waals surface area contributed by atoms with E-state index in [1.165, 1.54) is 62.8 Å². The van der Waals surface area contributed by atoms with E-state index in [0.717, 1.165) is 82.6 Å². The van der Waals surface area contributed by atoms with E-state index in [9.17, 15) is 42.2 Å². The highest BCUT2D eigenvalue weighted by atomic mass is 35.5. The lowest BCUT2D eigenvalue weighted by molar-refractivity contribution is -0.247. The molecule has 100 heavy (non-hydrogen) atoms. The van der Waals surface area contributed by atoms with Crippen molar-refractivity contribution in [1.82, 2.24) is 15.1 Å². The Kier molecular flexibility index (Phi) is 19.9. The molecule has 15 nitrogen and oxygen atoms in total. The van der Waals surface area contributed by atoms with Gasteiger partial charge in [0.1, 0.15) is 35.7 Å². The van der Waals surface area contributed by atoms with E-state index < -0.39 is 35.5 Å². The van der Waals surface area contributed by atoms with Gasteiger partial charge in [-0.1, -0.05) is 69.2 Å². The summed E-state index contributed by atoms with van der Waals surface area (Å²) in [6, 6.07) is 6.88. The minimum Gasteiger partial charge on any atom is -0.390 e. The lowest BCUT2D eigenvalue weighted by Gasteiger charge is -2.64. The highest BCUT2D eigenvalue weighted by molar-refractivity contribution is 5.85. The molecule has 0 bridgehead atoms. The van der Waals surface area contributed by atoms with Gasteiger partial charge in [-0.25, -0.2) is 17.6 Å². The molecule has 10 saturated carbocycles. The summed E-state index contributed by atoms with van der Waals surface area (Å²) in [4.78, 5) is 39.5. The Hall–Kier alpha value is -3.34. The Morgan fingerprint density at radius 1 is 0.590 bits per heavy atom. The van der Waals surface area contributed by atoms with E-state index >= 15 is 0 Å². The third-order valence-electron chi connectivity index (χ3n) is 32.1. The van der Waals surface area contributed by atoms with E-state index in [4.69, 9.17) is 34.2 Å². The Bertz CT molecular complexity index is 3370. The number of ether oxygens (including phenoxy) is 6. The van der Waals surface area contributed by atoms with Crippen LogP contribution in [0.1, 0.15) is 197 Å². The van der Waals surface area contributed by atoms with Gasteiger partial charge in [-0.05, 0) is 229 Å². The SMILES string of the molecule is CC(=O)N1CCOC(OC2CC[C@]34C[C@]35CC[C@]3(C)C6[C@H](C)C[C@H](C=O)O[C@@H]6[C@H](O)[C@@]3(C)[C@@H]5CC[C@H]4C2(C)C)C1.CC(=O)N1CCOC(OC2CC[C@]34C[C@]35CC[C@]3(C)C6[C@H](C)C[C@H](CNCc7cc(F)cc(F)c7)O[C@@H]6[C@H](O)[C@@]3(C)[C@@H]5CC[C@H]4C2(C)C)C1.Cl.NCc1cc(F)cc(F)c1. The fraction of sp³-hybridized carbons (Fsp3) is 0.812. The maximum absolute atomic E-state index is 13.7. The Labute approximate surface area is 597 Å². The fourth-order valence-corrected chi connectivity index (χ4v) is 27.6. The number of hydrogen-bond donors (Lipinski definition) is 4. The Morgan fingerprint density at radius 3 is 1.43 bits per heavy atom. The molecular weight excluding hydrogens is 1300 g/mol. The molecule has 20 heteroatoms. The number of fused-ring (bicyclic) bond motifs is 8. The summed E-state index contributed by atoms with van der Waals surface area (Å²) in [5, 5.41) is 28.0. The highest BCUT2D eigenvalue weighted by Gasteiger charge is 2.87. The van der Waals surface area contributed by atoms with Crippen molar-refractivity contribution in [3.63, 3.8) is 0 Å². The minimum absolute atomic E-state index is 0. The summed E-state index contributed by atoms with van der Waals surface area (Å²) in [6.45, 7) is 31.8. The number of nitrogens with two attached hydrogens (primary N) is 1. The van der Waals surface area contributed by atoms with Crippen molar-refractivity contribution in [2.45, 2.75) is 260 Å². The Balaban J connectivity index is 0.000000158. The van der Waals surface area contributed by atoms with Gasteiger partial charge in [-0.15, -0.1) is 12.4 Å². The molecule has 4 heterocycles. The number of rotatable bonds is 10. The van der Waals surface area contributed by atoms with Crippen molar-refractivity contribution in [2.75, 3.05) is 45.9 Å². The van der Waals surface area contributed by atoms with Gasteiger partial charge < -0.3 is 64.3 Å². The van der Waals surface area contributed by atoms with E-state index in [-0.39, 0.29) is 118 Å². The molecule has 0 aromatic heterocycles. The van der Waals surface area contributed by atoms with Gasteiger partial charge in [0.15, 0.2) is 12.6 Å². The topological polar surface area (TPSA) is 192 Å². The average molecular weight is 1420 g/mol. The van der Waals surface area contributed by atoms with Crippen molar-refractivity contribution >= 4 is 30.5 Å². The summed E-state index contributed by atoms with van der Waals surface area (Å²) in [7, 11) is 0. The van der Waals surface area contributed by atoms with Gasteiger partial charge in [-0.2, -0.15) is 0 Å². The molecule has 4 aliphatic heterocycles. The summed E-state index contributed by atoms with van der Waals surface area (Å²) in [6.07, 6.45) is 16.5. The maximum atomic E-state index is 13.7. The van der Waals surface area contributed by atoms with Crippen LogP contribution in [-0.4, -0.2) is 145 Å². The third-order valence-corrected chi connectivity index (χ3v) is 32.1. The lowest BCUT2D eigenvalue weighted by atomic mass is 9.41. The van der Waals surface area contributed by atoms with Crippen LogP contribution in [0.25, 0.3) is 0 Å². The maximum Gasteiger partial charge on any atom is 0.219 e. The van der Waals surface area contributed by atoms with E-state index in [1.807, 2.05) is 9.80 Å². The van der Waals surface area contributed by atoms with Gasteiger partial charge >= 0.3 is 0 Å². The second kappa shape index (κ2) is 26.6. The van der Waals surface area contributed by atoms with E-state index in [1.54, 1.807) is 13.8 Å². The number of hydrogen-bond acceptors (Lipinski definition) is 13. The van der Waals surface area contributed by atoms with E-state index in [0.29, 0.717) is 127 Å². The first-order valence-corrected chi connectivity index (χ1v) is 38.2. The number of nitrogens with zero attached hydrogens (tertiary/aromatic N) is 2. The molecule has 26 atom stereocenters. The second-order valence-corrected chi connectivity index (χ2v) is 36.5. The van der Waals surface area contributed by atoms with Crippen LogP contribution in [0.4, 0.5) is 17.6 Å². The predicted molar refractivity (Wildman–Crippen MR) is 372 cm³/mol. The zero-order valence-electron chi connectivity index (χ0n) is 61.6. The predicted octanol–water partition coefficient (Wildman–Crippen LogP) is 12.9. The number of carbonyl (C=O) groups is 3. The average Bonchev–Trinajstić information content (AvgIpc) is 1.46. The van der Waals surface area contributed by atoms with Crippen molar-refractivity contribution in [2.24, 2.45) is 107 Å². The molecule has 2 amide bonds. The molecule has 558 valence electrons. The van der Waals surface area contributed by atoms with Crippen molar-refractivity contribution in [3.05, 3.63) is 70.8 Å². The first kappa shape index (κ1) is 74.9. The quantitative estimate of drug-likeness (QED) is 0.130. The lowest BCUT2D eigenvalue weighted by Crippen LogP contribution is -2.60. The van der Waals surface area contributed by atoms with Crippen LogP contribution >= 0.6 is 12.4 Å². The normalized spacial score (nSPS) is 47.0. The molecule has 4 spiro atoms.